The van der Waals surface area contributed by atoms with E-state index in [4.69, 9.17) is 4.74 Å². The first-order valence-electron chi connectivity index (χ1n) is 14.0. The molecule has 10 heteroatoms. The van der Waals surface area contributed by atoms with E-state index in [9.17, 15) is 28.2 Å². The molecule has 5 atom stereocenters. The Morgan fingerprint density at radius 1 is 1.15 bits per heavy atom. The molecule has 3 unspecified atom stereocenters. The van der Waals surface area contributed by atoms with Gasteiger partial charge in [0.1, 0.15) is 6.10 Å². The van der Waals surface area contributed by atoms with Crippen LogP contribution in [0.4, 0.5) is 13.2 Å². The third-order valence-electron chi connectivity index (χ3n) is 10.1. The number of halogens is 4. The zero-order valence-corrected chi connectivity index (χ0v) is 23.4. The average molecular weight is 589 g/mol. The molecule has 2 heterocycles. The number of likely N-dealkylation sites (tertiary alicyclic amines) is 1. The molecule has 2 aromatic carbocycles. The number of phenols is 1. The summed E-state index contributed by atoms with van der Waals surface area (Å²) >= 11 is 0. The molecular formula is C31H32ClF3N2O4. The van der Waals surface area contributed by atoms with Gasteiger partial charge < -0.3 is 19.8 Å². The minimum atomic E-state index is -4.44. The lowest BCUT2D eigenvalue weighted by Gasteiger charge is -2.64. The highest BCUT2D eigenvalue weighted by Crippen LogP contribution is 2.66. The highest BCUT2D eigenvalue weighted by molar-refractivity contribution is 5.94. The molecule has 2 N–H and O–H groups in total. The number of ether oxygens (including phenoxy) is 1. The molecule has 3 fully saturated rings. The van der Waals surface area contributed by atoms with Crippen LogP contribution in [0.15, 0.2) is 36.4 Å². The van der Waals surface area contributed by atoms with Crippen molar-refractivity contribution in [1.82, 2.24) is 9.80 Å². The highest BCUT2D eigenvalue weighted by Gasteiger charge is 2.73. The van der Waals surface area contributed by atoms with Crippen LogP contribution in [0.3, 0.4) is 0 Å². The maximum Gasteiger partial charge on any atom is 0.416 e. The van der Waals surface area contributed by atoms with Crippen LogP contribution in [0.5, 0.6) is 11.5 Å². The molecule has 0 aromatic heterocycles. The van der Waals surface area contributed by atoms with Crippen LogP contribution >= 0.6 is 12.4 Å². The molecule has 6 nitrogen and oxygen atoms in total. The smallest absolute Gasteiger partial charge is 0.416 e. The number of phenolic OH excluding ortho intramolecular Hbond substituents is 1. The Morgan fingerprint density at radius 2 is 1.88 bits per heavy atom. The average Bonchev–Trinajstić information content (AvgIpc) is 3.67. The second-order valence-corrected chi connectivity index (χ2v) is 12.1. The van der Waals surface area contributed by atoms with E-state index in [0.29, 0.717) is 42.9 Å². The summed E-state index contributed by atoms with van der Waals surface area (Å²) in [6.45, 7) is 1.80. The van der Waals surface area contributed by atoms with Crippen LogP contribution in [0, 0.1) is 17.8 Å². The Hall–Kier alpha value is -2.93. The summed E-state index contributed by atoms with van der Waals surface area (Å²) in [5.74, 6) is 5.94. The SMILES string of the molecule is CN(C(=O)C#Cc1ccc(C(F)(F)F)cc1)[C@@H]1CC[C@@]2(O)C3Cc4ccc(O)c5c4C2(CCN3CC2CC2)C1O5.Cl. The Bertz CT molecular complexity index is 1450. The molecule has 2 bridgehead atoms. The van der Waals surface area contributed by atoms with E-state index < -0.39 is 40.8 Å². The molecule has 2 aromatic rings. The van der Waals surface area contributed by atoms with Crippen molar-refractivity contribution in [2.75, 3.05) is 20.1 Å². The summed E-state index contributed by atoms with van der Waals surface area (Å²) in [6, 6.07) is 7.54. The van der Waals surface area contributed by atoms with Gasteiger partial charge >= 0.3 is 6.18 Å². The minimum absolute atomic E-state index is 0. The normalized spacial score (nSPS) is 31.2. The molecule has 1 amide bonds. The lowest BCUT2D eigenvalue weighted by atomic mass is 9.48. The summed E-state index contributed by atoms with van der Waals surface area (Å²) in [6.07, 6.45) is -0.180. The molecule has 7 rings (SSSR count). The number of alkyl halides is 3. The molecule has 2 saturated carbocycles. The van der Waals surface area contributed by atoms with Crippen LogP contribution in [0.25, 0.3) is 0 Å². The molecule has 1 spiro atoms. The van der Waals surface area contributed by atoms with E-state index in [1.54, 1.807) is 18.0 Å². The zero-order valence-electron chi connectivity index (χ0n) is 22.6. The predicted octanol–water partition coefficient (Wildman–Crippen LogP) is 4.28. The van der Waals surface area contributed by atoms with Gasteiger partial charge in [-0.15, -0.1) is 12.4 Å². The van der Waals surface area contributed by atoms with Gasteiger partial charge in [0.05, 0.1) is 22.6 Å². The van der Waals surface area contributed by atoms with Gasteiger partial charge in [-0.2, -0.15) is 13.2 Å². The van der Waals surface area contributed by atoms with Crippen LogP contribution in [-0.2, 0) is 22.8 Å². The number of likely N-dealkylation sites (N-methyl/N-ethyl adjacent to an activating group) is 1. The van der Waals surface area contributed by atoms with Gasteiger partial charge in [0.15, 0.2) is 11.5 Å². The molecule has 2 aliphatic heterocycles. The van der Waals surface area contributed by atoms with Crippen molar-refractivity contribution >= 4 is 18.3 Å². The fraction of sp³-hybridized carbons (Fsp3) is 0.516. The number of carbonyl (C=O) groups excluding carboxylic acids is 1. The van der Waals surface area contributed by atoms with Gasteiger partial charge in [0, 0.05) is 36.7 Å². The van der Waals surface area contributed by atoms with E-state index in [1.807, 2.05) is 6.07 Å². The first-order chi connectivity index (χ1) is 19.0. The summed E-state index contributed by atoms with van der Waals surface area (Å²) in [5.41, 5.74) is -0.291. The topological polar surface area (TPSA) is 73.2 Å². The number of carbonyl (C=O) groups is 1. The monoisotopic (exact) mass is 588 g/mol. The number of aromatic hydroxyl groups is 1. The first kappa shape index (κ1) is 28.2. The van der Waals surface area contributed by atoms with Crippen molar-refractivity contribution in [1.29, 1.82) is 0 Å². The van der Waals surface area contributed by atoms with E-state index in [0.717, 1.165) is 36.3 Å². The van der Waals surface area contributed by atoms with Gasteiger partial charge in [0.2, 0.25) is 0 Å². The second-order valence-electron chi connectivity index (χ2n) is 12.1. The Morgan fingerprint density at radius 3 is 2.56 bits per heavy atom. The van der Waals surface area contributed by atoms with E-state index >= 15 is 0 Å². The van der Waals surface area contributed by atoms with E-state index in [2.05, 4.69) is 16.7 Å². The quantitative estimate of drug-likeness (QED) is 0.524. The van der Waals surface area contributed by atoms with Gasteiger partial charge in [-0.25, -0.2) is 0 Å². The van der Waals surface area contributed by atoms with Crippen molar-refractivity contribution in [3.8, 4) is 23.3 Å². The summed E-state index contributed by atoms with van der Waals surface area (Å²) in [4.78, 5) is 17.3. The van der Waals surface area contributed by atoms with Crippen LogP contribution in [0.1, 0.15) is 54.4 Å². The minimum Gasteiger partial charge on any atom is -0.504 e. The maximum atomic E-state index is 13.3. The van der Waals surface area contributed by atoms with Crippen molar-refractivity contribution in [2.45, 2.75) is 73.9 Å². The standard InChI is InChI=1S/C31H31F3N2O4.ClH/c1-35(25(38)11-6-18-4-8-21(9-5-18)31(32,33)34)22-12-13-30(39)24-16-20-7-10-23(37)27-26(20)29(30,28(22)40-27)14-15-36(24)17-19-2-3-19;/h4-5,7-10,19,22,24,28,37,39H,2-3,12-17H2,1H3;1H/t22-,24?,28?,29?,30-;/m1./s1. The Balaban J connectivity index is 0.00000302. The van der Waals surface area contributed by atoms with Gasteiger partial charge in [-0.05, 0) is 86.9 Å². The van der Waals surface area contributed by atoms with Crippen molar-refractivity contribution < 1.29 is 32.9 Å². The highest BCUT2D eigenvalue weighted by atomic mass is 35.5. The number of hydrogen-bond acceptors (Lipinski definition) is 5. The number of rotatable bonds is 3. The Kier molecular flexibility index (Phi) is 6.57. The molecule has 0 radical (unpaired) electrons. The van der Waals surface area contributed by atoms with Crippen molar-refractivity contribution in [3.05, 3.63) is 58.7 Å². The number of nitrogens with zero attached hydrogens (tertiary/aromatic N) is 2. The van der Waals surface area contributed by atoms with Crippen LogP contribution in [-0.4, -0.2) is 69.8 Å². The zero-order chi connectivity index (χ0) is 28.0. The molecule has 5 aliphatic rings. The van der Waals surface area contributed by atoms with Crippen LogP contribution in [0.2, 0.25) is 0 Å². The fourth-order valence-corrected chi connectivity index (χ4v) is 7.96. The maximum absolute atomic E-state index is 13.3. The van der Waals surface area contributed by atoms with Gasteiger partial charge in [-0.1, -0.05) is 12.0 Å². The predicted molar refractivity (Wildman–Crippen MR) is 147 cm³/mol. The molecule has 3 aliphatic carbocycles. The lowest BCUT2D eigenvalue weighted by molar-refractivity contribution is -0.199. The number of benzene rings is 2. The van der Waals surface area contributed by atoms with Crippen molar-refractivity contribution in [3.63, 3.8) is 0 Å². The number of hydrogen-bond donors (Lipinski definition) is 2. The molecule has 218 valence electrons. The summed E-state index contributed by atoms with van der Waals surface area (Å²) in [7, 11) is 1.66. The van der Waals surface area contributed by atoms with E-state index in [-0.39, 0.29) is 24.2 Å². The third-order valence-corrected chi connectivity index (χ3v) is 10.1. The summed E-state index contributed by atoms with van der Waals surface area (Å²) in [5, 5.41) is 23.4. The van der Waals surface area contributed by atoms with E-state index in [1.165, 1.54) is 25.0 Å². The first-order valence-corrected chi connectivity index (χ1v) is 14.0. The largest absolute Gasteiger partial charge is 0.504 e. The number of amides is 1. The summed E-state index contributed by atoms with van der Waals surface area (Å²) < 4.78 is 45.2. The van der Waals surface area contributed by atoms with Crippen LogP contribution < -0.4 is 4.74 Å². The lowest BCUT2D eigenvalue weighted by Crippen LogP contribution is -2.78. The van der Waals surface area contributed by atoms with Crippen molar-refractivity contribution in [2.24, 2.45) is 5.92 Å². The number of aliphatic hydroxyl groups is 1. The number of piperidine rings is 1. The molecular weight excluding hydrogens is 557 g/mol. The fourth-order valence-electron chi connectivity index (χ4n) is 7.96. The second kappa shape index (κ2) is 9.55. The molecule has 41 heavy (non-hydrogen) atoms. The molecule has 1 saturated heterocycles. The van der Waals surface area contributed by atoms with Gasteiger partial charge in [0.25, 0.3) is 5.91 Å². The third kappa shape index (κ3) is 4.13. The Labute approximate surface area is 242 Å². The van der Waals surface area contributed by atoms with Gasteiger partial charge in [-0.3, -0.25) is 9.69 Å².